The number of halogens is 2. The molecule has 1 amide bonds. The molecule has 0 spiro atoms. The second kappa shape index (κ2) is 9.73. The molecule has 0 aliphatic carbocycles. The van der Waals surface area contributed by atoms with E-state index in [4.69, 9.17) is 9.26 Å². The fourth-order valence-electron chi connectivity index (χ4n) is 3.22. The first-order valence-electron chi connectivity index (χ1n) is 10.1. The SMILES string of the molecule is O=C(CCc1nc(-c2ccc(F)cc2)no1)Nc1ccc(F)c(S(=O)(=O)N2CCOCC2)c1. The van der Waals surface area contributed by atoms with E-state index in [-0.39, 0.29) is 62.4 Å². The van der Waals surface area contributed by atoms with Gasteiger partial charge >= 0.3 is 0 Å². The molecule has 1 aliphatic heterocycles. The van der Waals surface area contributed by atoms with Gasteiger partial charge in [-0.3, -0.25) is 4.79 Å². The number of hydrogen-bond acceptors (Lipinski definition) is 7. The number of nitrogens with zero attached hydrogens (tertiary/aromatic N) is 3. The summed E-state index contributed by atoms with van der Waals surface area (Å²) in [7, 11) is -4.06. The molecule has 174 valence electrons. The molecule has 2 heterocycles. The van der Waals surface area contributed by atoms with Crippen LogP contribution < -0.4 is 5.32 Å². The molecular formula is C21H20F2N4O5S. The maximum atomic E-state index is 14.3. The van der Waals surface area contributed by atoms with Crippen LogP contribution in [0.1, 0.15) is 12.3 Å². The number of morpholine rings is 1. The average molecular weight is 478 g/mol. The van der Waals surface area contributed by atoms with Crippen LogP contribution >= 0.6 is 0 Å². The van der Waals surface area contributed by atoms with E-state index in [1.54, 1.807) is 0 Å². The normalized spacial score (nSPS) is 14.8. The zero-order chi connectivity index (χ0) is 23.4. The van der Waals surface area contributed by atoms with Gasteiger partial charge in [0.25, 0.3) is 0 Å². The number of carbonyl (C=O) groups is 1. The summed E-state index contributed by atoms with van der Waals surface area (Å²) in [4.78, 5) is 16.0. The Bertz CT molecular complexity index is 1240. The molecule has 0 unspecified atom stereocenters. The van der Waals surface area contributed by atoms with E-state index in [1.807, 2.05) is 0 Å². The molecule has 1 saturated heterocycles. The minimum Gasteiger partial charge on any atom is -0.379 e. The number of rotatable bonds is 7. The third-order valence-electron chi connectivity index (χ3n) is 4.94. The molecular weight excluding hydrogens is 458 g/mol. The van der Waals surface area contributed by atoms with E-state index in [9.17, 15) is 22.0 Å². The summed E-state index contributed by atoms with van der Waals surface area (Å²) in [6, 6.07) is 8.93. The summed E-state index contributed by atoms with van der Waals surface area (Å²) in [6.45, 7) is 0.719. The predicted octanol–water partition coefficient (Wildman–Crippen LogP) is 2.61. The third-order valence-corrected chi connectivity index (χ3v) is 6.85. The van der Waals surface area contributed by atoms with E-state index < -0.39 is 26.6 Å². The van der Waals surface area contributed by atoms with E-state index in [0.717, 1.165) is 16.4 Å². The van der Waals surface area contributed by atoms with E-state index in [0.29, 0.717) is 5.56 Å². The number of nitrogens with one attached hydrogen (secondary N) is 1. The number of ether oxygens (including phenoxy) is 1. The lowest BCUT2D eigenvalue weighted by Gasteiger charge is -2.26. The summed E-state index contributed by atoms with van der Waals surface area (Å²) in [5, 5.41) is 6.36. The number of hydrogen-bond donors (Lipinski definition) is 1. The fourth-order valence-corrected chi connectivity index (χ4v) is 4.72. The molecule has 9 nitrogen and oxygen atoms in total. The van der Waals surface area contributed by atoms with Crippen LogP contribution in [-0.2, 0) is 26.0 Å². The van der Waals surface area contributed by atoms with Crippen LogP contribution in [0.25, 0.3) is 11.4 Å². The van der Waals surface area contributed by atoms with Gasteiger partial charge in [0.1, 0.15) is 16.5 Å². The summed E-state index contributed by atoms with van der Waals surface area (Å²) in [5.74, 6) is -1.27. The van der Waals surface area contributed by atoms with Crippen molar-refractivity contribution in [2.24, 2.45) is 0 Å². The molecule has 1 N–H and O–H groups in total. The quantitative estimate of drug-likeness (QED) is 0.555. The highest BCUT2D eigenvalue weighted by molar-refractivity contribution is 7.89. The molecule has 0 saturated carbocycles. The Morgan fingerprint density at radius 1 is 1.09 bits per heavy atom. The van der Waals surface area contributed by atoms with Crippen molar-refractivity contribution in [1.82, 2.24) is 14.4 Å². The number of aromatic nitrogens is 2. The molecule has 2 aromatic carbocycles. The van der Waals surface area contributed by atoms with E-state index in [1.165, 1.54) is 30.3 Å². The summed E-state index contributed by atoms with van der Waals surface area (Å²) < 4.78 is 64.3. The highest BCUT2D eigenvalue weighted by Crippen LogP contribution is 2.24. The van der Waals surface area contributed by atoms with E-state index >= 15 is 0 Å². The van der Waals surface area contributed by atoms with E-state index in [2.05, 4.69) is 15.5 Å². The summed E-state index contributed by atoms with van der Waals surface area (Å²) in [5.41, 5.74) is 0.710. The van der Waals surface area contributed by atoms with Gasteiger partial charge in [0.2, 0.25) is 27.6 Å². The van der Waals surface area contributed by atoms with Gasteiger partial charge in [0.15, 0.2) is 0 Å². The Kier molecular flexibility index (Phi) is 6.77. The average Bonchev–Trinajstić information content (AvgIpc) is 3.29. The molecule has 4 rings (SSSR count). The minimum absolute atomic E-state index is 0.0338. The van der Waals surface area contributed by atoms with Crippen LogP contribution in [0, 0.1) is 11.6 Å². The van der Waals surface area contributed by atoms with Crippen molar-refractivity contribution in [1.29, 1.82) is 0 Å². The number of aryl methyl sites for hydroxylation is 1. The summed E-state index contributed by atoms with van der Waals surface area (Å²) in [6.07, 6.45) is 0.0914. The maximum absolute atomic E-state index is 14.3. The predicted molar refractivity (Wildman–Crippen MR) is 113 cm³/mol. The second-order valence-corrected chi connectivity index (χ2v) is 9.13. The van der Waals surface area contributed by atoms with Crippen LogP contribution in [0.15, 0.2) is 51.9 Å². The molecule has 12 heteroatoms. The topological polar surface area (TPSA) is 115 Å². The number of benzene rings is 2. The lowest BCUT2D eigenvalue weighted by molar-refractivity contribution is -0.116. The van der Waals surface area contributed by atoms with Crippen molar-refractivity contribution in [3.05, 3.63) is 60.0 Å². The Labute approximate surface area is 188 Å². The monoisotopic (exact) mass is 478 g/mol. The van der Waals surface area contributed by atoms with Gasteiger partial charge in [-0.25, -0.2) is 17.2 Å². The van der Waals surface area contributed by atoms with Gasteiger partial charge in [-0.05, 0) is 42.5 Å². The molecule has 1 aromatic heterocycles. The number of carbonyl (C=O) groups excluding carboxylic acids is 1. The van der Waals surface area contributed by atoms with Gasteiger partial charge in [0.05, 0.1) is 13.2 Å². The largest absolute Gasteiger partial charge is 0.379 e. The molecule has 1 fully saturated rings. The Balaban J connectivity index is 1.39. The van der Waals surface area contributed by atoms with Crippen LogP contribution in [0.5, 0.6) is 0 Å². The molecule has 0 radical (unpaired) electrons. The van der Waals surface area contributed by atoms with Gasteiger partial charge in [-0.2, -0.15) is 9.29 Å². The Morgan fingerprint density at radius 2 is 1.82 bits per heavy atom. The van der Waals surface area contributed by atoms with Gasteiger partial charge < -0.3 is 14.6 Å². The second-order valence-electron chi connectivity index (χ2n) is 7.23. The molecule has 0 atom stereocenters. The first-order valence-corrected chi connectivity index (χ1v) is 11.5. The standard InChI is InChI=1S/C21H20F2N4O5S/c22-15-3-1-14(2-4-15)21-25-20(32-26-21)8-7-19(28)24-16-5-6-17(23)18(13-16)33(29,30)27-9-11-31-12-10-27/h1-6,13H,7-12H2,(H,24,28). The van der Waals surface area contributed by atoms with Gasteiger partial charge in [0, 0.05) is 37.2 Å². The number of sulfonamides is 1. The highest BCUT2D eigenvalue weighted by Gasteiger charge is 2.29. The molecule has 1 aliphatic rings. The van der Waals surface area contributed by atoms with Crippen molar-refractivity contribution >= 4 is 21.6 Å². The number of anilines is 1. The lowest BCUT2D eigenvalue weighted by atomic mass is 10.2. The van der Waals surface area contributed by atoms with Gasteiger partial charge in [-0.15, -0.1) is 0 Å². The molecule has 33 heavy (non-hydrogen) atoms. The van der Waals surface area contributed by atoms with Crippen LogP contribution in [0.2, 0.25) is 0 Å². The van der Waals surface area contributed by atoms with Crippen molar-refractivity contribution in [2.75, 3.05) is 31.6 Å². The van der Waals surface area contributed by atoms with Crippen LogP contribution in [0.4, 0.5) is 14.5 Å². The fraction of sp³-hybridized carbons (Fsp3) is 0.286. The van der Waals surface area contributed by atoms with Crippen LogP contribution in [-0.4, -0.2) is 55.1 Å². The lowest BCUT2D eigenvalue weighted by Crippen LogP contribution is -2.40. The molecule has 0 bridgehead atoms. The van der Waals surface area contributed by atoms with Crippen molar-refractivity contribution < 1.29 is 31.3 Å². The smallest absolute Gasteiger partial charge is 0.246 e. The number of amides is 1. The highest BCUT2D eigenvalue weighted by atomic mass is 32.2. The zero-order valence-electron chi connectivity index (χ0n) is 17.3. The van der Waals surface area contributed by atoms with Crippen molar-refractivity contribution in [3.8, 4) is 11.4 Å². The van der Waals surface area contributed by atoms with Crippen molar-refractivity contribution in [2.45, 2.75) is 17.7 Å². The minimum atomic E-state index is -4.06. The Hall–Kier alpha value is -3.22. The summed E-state index contributed by atoms with van der Waals surface area (Å²) >= 11 is 0. The van der Waals surface area contributed by atoms with Crippen LogP contribution in [0.3, 0.4) is 0 Å². The third kappa shape index (κ3) is 5.41. The molecule has 3 aromatic rings. The maximum Gasteiger partial charge on any atom is 0.246 e. The Morgan fingerprint density at radius 3 is 2.55 bits per heavy atom. The first-order chi connectivity index (χ1) is 15.8. The van der Waals surface area contributed by atoms with Crippen molar-refractivity contribution in [3.63, 3.8) is 0 Å². The van der Waals surface area contributed by atoms with Gasteiger partial charge in [-0.1, -0.05) is 5.16 Å². The first kappa shape index (κ1) is 23.0. The zero-order valence-corrected chi connectivity index (χ0v) is 18.1.